The molecule has 0 fully saturated rings. The van der Waals surface area contributed by atoms with Crippen molar-refractivity contribution in [2.45, 2.75) is 26.9 Å². The van der Waals surface area contributed by atoms with Gasteiger partial charge in [-0.05, 0) is 97.5 Å². The molecule has 2 heterocycles. The lowest BCUT2D eigenvalue weighted by Crippen LogP contribution is -2.26. The van der Waals surface area contributed by atoms with Gasteiger partial charge in [-0.25, -0.2) is 9.78 Å². The van der Waals surface area contributed by atoms with Crippen molar-refractivity contribution < 1.29 is 23.4 Å². The molecule has 9 nitrogen and oxygen atoms in total. The SMILES string of the molecule is CCOC(=O)[C@H](C)Oc1c(I)cc(C=Nn2c(-c3cc4cc(Br)ccc4o3)nc3ccccc3c2=O)cc1OCC. The summed E-state index contributed by atoms with van der Waals surface area (Å²) in [6.45, 7) is 5.85. The maximum atomic E-state index is 13.6. The van der Waals surface area contributed by atoms with Crippen LogP contribution in [0.3, 0.4) is 0 Å². The van der Waals surface area contributed by atoms with Crippen molar-refractivity contribution in [3.63, 3.8) is 0 Å². The topological polar surface area (TPSA) is 105 Å². The first kappa shape index (κ1) is 28.8. The average Bonchev–Trinajstić information content (AvgIpc) is 3.37. The molecule has 0 bridgehead atoms. The molecule has 0 spiro atoms. The van der Waals surface area contributed by atoms with Crippen molar-refractivity contribution in [2.75, 3.05) is 13.2 Å². The number of nitrogens with zero attached hydrogens (tertiary/aromatic N) is 3. The minimum atomic E-state index is -0.823. The van der Waals surface area contributed by atoms with Crippen molar-refractivity contribution in [3.8, 4) is 23.1 Å². The Labute approximate surface area is 257 Å². The van der Waals surface area contributed by atoms with Crippen LogP contribution in [0.4, 0.5) is 0 Å². The molecule has 5 aromatic rings. The number of ether oxygens (including phenoxy) is 3. The number of carbonyl (C=O) groups is 1. The molecule has 0 N–H and O–H groups in total. The van der Waals surface area contributed by atoms with Gasteiger partial charge in [0.2, 0.25) is 5.82 Å². The van der Waals surface area contributed by atoms with E-state index in [0.29, 0.717) is 49.5 Å². The number of fused-ring (bicyclic) bond motifs is 2. The zero-order valence-corrected chi connectivity index (χ0v) is 26.1. The van der Waals surface area contributed by atoms with E-state index in [0.717, 1.165) is 9.86 Å². The minimum Gasteiger partial charge on any atom is -0.490 e. The van der Waals surface area contributed by atoms with Gasteiger partial charge in [0.05, 0.1) is 33.9 Å². The van der Waals surface area contributed by atoms with E-state index in [1.165, 1.54) is 4.68 Å². The number of halogens is 2. The van der Waals surface area contributed by atoms with Crippen molar-refractivity contribution >= 4 is 72.6 Å². The molecule has 0 saturated heterocycles. The van der Waals surface area contributed by atoms with Crippen LogP contribution < -0.4 is 15.0 Å². The van der Waals surface area contributed by atoms with E-state index >= 15 is 0 Å². The Balaban J connectivity index is 1.59. The Morgan fingerprint density at radius 3 is 2.73 bits per heavy atom. The molecule has 41 heavy (non-hydrogen) atoms. The third kappa shape index (κ3) is 6.15. The molecular weight excluding hydrogens is 705 g/mol. The van der Waals surface area contributed by atoms with Gasteiger partial charge in [0.25, 0.3) is 5.56 Å². The zero-order valence-electron chi connectivity index (χ0n) is 22.4. The number of rotatable bonds is 9. The Morgan fingerprint density at radius 1 is 1.15 bits per heavy atom. The van der Waals surface area contributed by atoms with Gasteiger partial charge in [-0.3, -0.25) is 4.79 Å². The van der Waals surface area contributed by atoms with Crippen LogP contribution in [-0.4, -0.2) is 41.2 Å². The Morgan fingerprint density at radius 2 is 1.95 bits per heavy atom. The maximum Gasteiger partial charge on any atom is 0.347 e. The summed E-state index contributed by atoms with van der Waals surface area (Å²) in [6, 6.07) is 18.1. The number of hydrogen-bond donors (Lipinski definition) is 0. The summed E-state index contributed by atoms with van der Waals surface area (Å²) in [6.07, 6.45) is 0.723. The summed E-state index contributed by atoms with van der Waals surface area (Å²) < 4.78 is 25.7. The van der Waals surface area contributed by atoms with Crippen LogP contribution in [0, 0.1) is 3.57 Å². The van der Waals surface area contributed by atoms with E-state index in [-0.39, 0.29) is 18.0 Å². The fraction of sp³-hybridized carbons (Fsp3) is 0.200. The molecule has 0 aliphatic carbocycles. The molecule has 0 aliphatic rings. The predicted octanol–water partition coefficient (Wildman–Crippen LogP) is 6.79. The van der Waals surface area contributed by atoms with Crippen LogP contribution in [0.5, 0.6) is 11.5 Å². The molecule has 0 aliphatic heterocycles. The van der Waals surface area contributed by atoms with Gasteiger partial charge in [-0.15, -0.1) is 0 Å². The summed E-state index contributed by atoms with van der Waals surface area (Å²) in [5.74, 6) is 1.05. The first-order valence-electron chi connectivity index (χ1n) is 12.8. The lowest BCUT2D eigenvalue weighted by molar-refractivity contribution is -0.150. The maximum absolute atomic E-state index is 13.6. The van der Waals surface area contributed by atoms with Gasteiger partial charge >= 0.3 is 5.97 Å². The number of furan rings is 1. The van der Waals surface area contributed by atoms with Gasteiger partial charge in [0.1, 0.15) is 5.58 Å². The lowest BCUT2D eigenvalue weighted by Gasteiger charge is -2.18. The average molecular weight is 730 g/mol. The van der Waals surface area contributed by atoms with Crippen LogP contribution in [0.1, 0.15) is 26.3 Å². The first-order valence-corrected chi connectivity index (χ1v) is 14.7. The standard InChI is InChI=1S/C30H25BrIN3O6/c1-4-38-25-13-18(12-22(32)27(25)40-17(3)30(37)39-5-2)16-33-35-28(34-23-9-7-6-8-21(23)29(35)36)26-15-19-14-20(31)10-11-24(19)41-26/h6-17H,4-5H2,1-3H3/t17-/m0/s1. The highest BCUT2D eigenvalue weighted by atomic mass is 127. The van der Waals surface area contributed by atoms with E-state index in [1.54, 1.807) is 44.3 Å². The Kier molecular flexibility index (Phi) is 8.74. The molecule has 3 aromatic carbocycles. The third-order valence-corrected chi connectivity index (χ3v) is 7.31. The first-order chi connectivity index (χ1) is 19.8. The molecule has 0 unspecified atom stereocenters. The second-order valence-corrected chi connectivity index (χ2v) is 11.0. The second-order valence-electron chi connectivity index (χ2n) is 8.88. The van der Waals surface area contributed by atoms with Crippen molar-refractivity contribution in [2.24, 2.45) is 5.10 Å². The summed E-state index contributed by atoms with van der Waals surface area (Å²) >= 11 is 5.59. The fourth-order valence-corrected chi connectivity index (χ4v) is 5.29. The number of para-hydroxylation sites is 1. The largest absolute Gasteiger partial charge is 0.490 e. The molecule has 210 valence electrons. The normalized spacial score (nSPS) is 12.2. The molecular formula is C30H25BrIN3O6. The smallest absolute Gasteiger partial charge is 0.347 e. The molecule has 2 aromatic heterocycles. The highest BCUT2D eigenvalue weighted by molar-refractivity contribution is 14.1. The number of benzene rings is 3. The Hall–Kier alpha value is -3.71. The number of hydrogen-bond acceptors (Lipinski definition) is 8. The summed E-state index contributed by atoms with van der Waals surface area (Å²) in [5.41, 5.74) is 1.50. The van der Waals surface area contributed by atoms with Gasteiger partial charge in [0, 0.05) is 9.86 Å². The molecule has 11 heteroatoms. The van der Waals surface area contributed by atoms with Gasteiger partial charge in [0.15, 0.2) is 23.4 Å². The molecule has 0 saturated carbocycles. The molecule has 0 radical (unpaired) electrons. The highest BCUT2D eigenvalue weighted by Crippen LogP contribution is 2.35. The quantitative estimate of drug-likeness (QED) is 0.0935. The van der Waals surface area contributed by atoms with Crippen LogP contribution in [0.25, 0.3) is 33.5 Å². The predicted molar refractivity (Wildman–Crippen MR) is 169 cm³/mol. The summed E-state index contributed by atoms with van der Waals surface area (Å²) in [5, 5.41) is 5.83. The van der Waals surface area contributed by atoms with Crippen LogP contribution in [0.2, 0.25) is 0 Å². The number of carbonyl (C=O) groups excluding carboxylic acids is 1. The minimum absolute atomic E-state index is 0.258. The second kappa shape index (κ2) is 12.4. The lowest BCUT2D eigenvalue weighted by atomic mass is 10.2. The van der Waals surface area contributed by atoms with Crippen LogP contribution >= 0.6 is 38.5 Å². The molecule has 1 atom stereocenters. The molecule has 0 amide bonds. The number of aromatic nitrogens is 2. The van der Waals surface area contributed by atoms with Crippen molar-refractivity contribution in [1.82, 2.24) is 9.66 Å². The van der Waals surface area contributed by atoms with Crippen LogP contribution in [-0.2, 0) is 9.53 Å². The van der Waals surface area contributed by atoms with E-state index < -0.39 is 12.1 Å². The van der Waals surface area contributed by atoms with Gasteiger partial charge in [-0.2, -0.15) is 9.78 Å². The monoisotopic (exact) mass is 729 g/mol. The Bertz CT molecular complexity index is 1850. The van der Waals surface area contributed by atoms with Gasteiger partial charge in [-0.1, -0.05) is 28.1 Å². The fourth-order valence-electron chi connectivity index (χ4n) is 4.16. The third-order valence-electron chi connectivity index (χ3n) is 6.02. The van der Waals surface area contributed by atoms with E-state index in [1.807, 2.05) is 43.3 Å². The highest BCUT2D eigenvalue weighted by Gasteiger charge is 2.21. The summed E-state index contributed by atoms with van der Waals surface area (Å²) in [7, 11) is 0. The van der Waals surface area contributed by atoms with E-state index in [9.17, 15) is 9.59 Å². The summed E-state index contributed by atoms with van der Waals surface area (Å²) in [4.78, 5) is 30.5. The number of esters is 1. The van der Waals surface area contributed by atoms with Gasteiger partial charge < -0.3 is 18.6 Å². The zero-order chi connectivity index (χ0) is 29.1. The van der Waals surface area contributed by atoms with Crippen molar-refractivity contribution in [1.29, 1.82) is 0 Å². The van der Waals surface area contributed by atoms with E-state index in [2.05, 4.69) is 43.6 Å². The van der Waals surface area contributed by atoms with E-state index in [4.69, 9.17) is 23.6 Å². The van der Waals surface area contributed by atoms with Crippen LogP contribution in [0.15, 0.2) is 79.4 Å². The molecule has 5 rings (SSSR count). The van der Waals surface area contributed by atoms with Crippen molar-refractivity contribution in [3.05, 3.63) is 84.6 Å².